The summed E-state index contributed by atoms with van der Waals surface area (Å²) in [6.07, 6.45) is 1.80. The lowest BCUT2D eigenvalue weighted by Crippen LogP contribution is -2.30. The molecule has 0 unspecified atom stereocenters. The zero-order chi connectivity index (χ0) is 16.4. The molecule has 1 aliphatic rings. The minimum absolute atomic E-state index is 0.194. The van der Waals surface area contributed by atoms with Crippen molar-refractivity contribution in [3.8, 4) is 5.75 Å². The second-order valence-electron chi connectivity index (χ2n) is 5.21. The molecule has 1 heterocycles. The lowest BCUT2D eigenvalue weighted by atomic mass is 10.1. The van der Waals surface area contributed by atoms with E-state index in [0.29, 0.717) is 22.2 Å². The average Bonchev–Trinajstić information content (AvgIpc) is 2.83. The van der Waals surface area contributed by atoms with Gasteiger partial charge in [-0.2, -0.15) is 0 Å². The Morgan fingerprint density at radius 2 is 1.83 bits per heavy atom. The quantitative estimate of drug-likeness (QED) is 0.695. The molecule has 116 valence electrons. The Balaban J connectivity index is 1.95. The van der Waals surface area contributed by atoms with Crippen LogP contribution in [0.15, 0.2) is 54.2 Å². The molecule has 0 aliphatic carbocycles. The predicted octanol–water partition coefficient (Wildman–Crippen LogP) is 3.27. The van der Waals surface area contributed by atoms with Gasteiger partial charge in [0.2, 0.25) is 0 Å². The first-order chi connectivity index (χ1) is 11.1. The van der Waals surface area contributed by atoms with Gasteiger partial charge in [-0.15, -0.1) is 0 Å². The summed E-state index contributed by atoms with van der Waals surface area (Å²) in [5, 5.41) is 3.33. The molecular weight excluding hydrogens is 308 g/mol. The number of hydrogen-bond acceptors (Lipinski definition) is 3. The van der Waals surface area contributed by atoms with E-state index in [1.165, 1.54) is 10.5 Å². The van der Waals surface area contributed by atoms with Gasteiger partial charge in [0.05, 0.1) is 12.8 Å². The highest BCUT2D eigenvalue weighted by Gasteiger charge is 2.33. The molecule has 1 fully saturated rings. The molecule has 4 nitrogen and oxygen atoms in total. The van der Waals surface area contributed by atoms with Gasteiger partial charge in [-0.3, -0.25) is 4.79 Å². The first kappa shape index (κ1) is 15.2. The summed E-state index contributed by atoms with van der Waals surface area (Å²) >= 11 is 5.32. The van der Waals surface area contributed by atoms with Gasteiger partial charge in [0.15, 0.2) is 5.11 Å². The molecule has 0 saturated carbocycles. The van der Waals surface area contributed by atoms with E-state index in [-0.39, 0.29) is 5.91 Å². The van der Waals surface area contributed by atoms with Crippen molar-refractivity contribution in [3.05, 3.63) is 65.4 Å². The number of rotatable bonds is 3. The minimum atomic E-state index is -0.194. The fourth-order valence-corrected chi connectivity index (χ4v) is 2.69. The van der Waals surface area contributed by atoms with Crippen LogP contribution in [0.4, 0.5) is 5.69 Å². The summed E-state index contributed by atoms with van der Waals surface area (Å²) in [5.41, 5.74) is 3.19. The molecule has 2 aromatic rings. The highest BCUT2D eigenvalue weighted by molar-refractivity contribution is 7.80. The normalized spacial score (nSPS) is 15.9. The molecule has 0 spiro atoms. The van der Waals surface area contributed by atoms with Crippen molar-refractivity contribution in [1.29, 1.82) is 0 Å². The van der Waals surface area contributed by atoms with E-state index in [2.05, 4.69) is 5.32 Å². The Labute approximate surface area is 140 Å². The van der Waals surface area contributed by atoms with Crippen LogP contribution in [0.2, 0.25) is 0 Å². The lowest BCUT2D eigenvalue weighted by Gasteiger charge is -2.17. The summed E-state index contributed by atoms with van der Waals surface area (Å²) in [6.45, 7) is 2.02. The van der Waals surface area contributed by atoms with Gasteiger partial charge in [-0.05, 0) is 42.9 Å². The number of carbonyl (C=O) groups is 1. The van der Waals surface area contributed by atoms with Gasteiger partial charge < -0.3 is 10.1 Å². The number of carbonyl (C=O) groups excluding carboxylic acids is 1. The summed E-state index contributed by atoms with van der Waals surface area (Å²) in [4.78, 5) is 14.2. The molecule has 1 saturated heterocycles. The van der Waals surface area contributed by atoms with Crippen molar-refractivity contribution >= 4 is 35.0 Å². The maximum Gasteiger partial charge on any atom is 0.281 e. The highest BCUT2D eigenvalue weighted by Crippen LogP contribution is 2.31. The number of nitrogens with zero attached hydrogens (tertiary/aromatic N) is 1. The van der Waals surface area contributed by atoms with Crippen LogP contribution in [0, 0.1) is 6.92 Å². The average molecular weight is 324 g/mol. The standard InChI is InChI=1S/C18H16N2O2S/c1-12-7-9-13(10-8-12)11-14-17(21)20(18(23)19-14)15-5-3-4-6-16(15)22-2/h3-11H,1-2H3,(H,19,23)/b14-11+. The molecule has 0 radical (unpaired) electrons. The lowest BCUT2D eigenvalue weighted by molar-refractivity contribution is -0.113. The fraction of sp³-hybridized carbons (Fsp3) is 0.111. The van der Waals surface area contributed by atoms with Gasteiger partial charge >= 0.3 is 0 Å². The molecule has 0 bridgehead atoms. The van der Waals surface area contributed by atoms with E-state index in [0.717, 1.165) is 5.56 Å². The summed E-state index contributed by atoms with van der Waals surface area (Å²) < 4.78 is 5.32. The number of benzene rings is 2. The van der Waals surface area contributed by atoms with Crippen LogP contribution in [0.5, 0.6) is 5.75 Å². The third-order valence-electron chi connectivity index (χ3n) is 3.59. The number of nitrogens with one attached hydrogen (secondary N) is 1. The Morgan fingerprint density at radius 1 is 1.13 bits per heavy atom. The van der Waals surface area contributed by atoms with Crippen LogP contribution in [0.25, 0.3) is 6.08 Å². The van der Waals surface area contributed by atoms with Crippen molar-refractivity contribution in [1.82, 2.24) is 5.32 Å². The largest absolute Gasteiger partial charge is 0.495 e. The maximum absolute atomic E-state index is 12.7. The topological polar surface area (TPSA) is 41.6 Å². The first-order valence-corrected chi connectivity index (χ1v) is 7.58. The van der Waals surface area contributed by atoms with E-state index in [9.17, 15) is 4.79 Å². The number of anilines is 1. The number of para-hydroxylation sites is 2. The predicted molar refractivity (Wildman–Crippen MR) is 95.4 cm³/mol. The Kier molecular flexibility index (Phi) is 4.12. The molecule has 1 aliphatic heterocycles. The van der Waals surface area contributed by atoms with Crippen LogP contribution >= 0.6 is 12.2 Å². The first-order valence-electron chi connectivity index (χ1n) is 7.17. The van der Waals surface area contributed by atoms with Gasteiger partial charge in [-0.25, -0.2) is 4.90 Å². The molecule has 23 heavy (non-hydrogen) atoms. The van der Waals surface area contributed by atoms with E-state index in [4.69, 9.17) is 17.0 Å². The van der Waals surface area contributed by atoms with Crippen molar-refractivity contribution in [2.75, 3.05) is 12.0 Å². The Morgan fingerprint density at radius 3 is 2.52 bits per heavy atom. The van der Waals surface area contributed by atoms with E-state index in [1.807, 2.05) is 43.3 Å². The van der Waals surface area contributed by atoms with Gasteiger partial charge in [-0.1, -0.05) is 42.0 Å². The number of hydrogen-bond donors (Lipinski definition) is 1. The van der Waals surface area contributed by atoms with E-state index in [1.54, 1.807) is 25.3 Å². The van der Waals surface area contributed by atoms with Gasteiger partial charge in [0.1, 0.15) is 11.4 Å². The highest BCUT2D eigenvalue weighted by atomic mass is 32.1. The molecule has 0 aromatic heterocycles. The molecule has 1 N–H and O–H groups in total. The molecule has 5 heteroatoms. The Bertz CT molecular complexity index is 797. The number of amides is 1. The van der Waals surface area contributed by atoms with Crippen LogP contribution < -0.4 is 15.0 Å². The summed E-state index contributed by atoms with van der Waals surface area (Å²) in [7, 11) is 1.57. The minimum Gasteiger partial charge on any atom is -0.495 e. The van der Waals surface area contributed by atoms with E-state index < -0.39 is 0 Å². The smallest absolute Gasteiger partial charge is 0.281 e. The second kappa shape index (κ2) is 6.22. The van der Waals surface area contributed by atoms with E-state index >= 15 is 0 Å². The molecule has 3 rings (SSSR count). The SMILES string of the molecule is COc1ccccc1N1C(=O)/C(=C\c2ccc(C)cc2)NC1=S. The third-order valence-corrected chi connectivity index (χ3v) is 3.88. The molecule has 0 atom stereocenters. The Hall–Kier alpha value is -2.66. The molecular formula is C18H16N2O2S. The van der Waals surface area contributed by atoms with Crippen LogP contribution in [-0.2, 0) is 4.79 Å². The summed E-state index contributed by atoms with van der Waals surface area (Å²) in [6, 6.07) is 15.2. The van der Waals surface area contributed by atoms with Crippen LogP contribution in [0.1, 0.15) is 11.1 Å². The van der Waals surface area contributed by atoms with Crippen LogP contribution in [-0.4, -0.2) is 18.1 Å². The number of methoxy groups -OCH3 is 1. The third kappa shape index (κ3) is 2.96. The van der Waals surface area contributed by atoms with Gasteiger partial charge in [0.25, 0.3) is 5.91 Å². The van der Waals surface area contributed by atoms with Crippen molar-refractivity contribution < 1.29 is 9.53 Å². The second-order valence-corrected chi connectivity index (χ2v) is 5.60. The van der Waals surface area contributed by atoms with Gasteiger partial charge in [0, 0.05) is 0 Å². The number of aryl methyl sites for hydroxylation is 1. The molecule has 2 aromatic carbocycles. The number of ether oxygens (including phenoxy) is 1. The van der Waals surface area contributed by atoms with Crippen molar-refractivity contribution in [2.24, 2.45) is 0 Å². The fourth-order valence-electron chi connectivity index (χ4n) is 2.40. The molecule has 1 amide bonds. The van der Waals surface area contributed by atoms with Crippen molar-refractivity contribution in [2.45, 2.75) is 6.92 Å². The van der Waals surface area contributed by atoms with Crippen LogP contribution in [0.3, 0.4) is 0 Å². The maximum atomic E-state index is 12.7. The monoisotopic (exact) mass is 324 g/mol. The number of thiocarbonyl (C=S) groups is 1. The summed E-state index contributed by atoms with van der Waals surface area (Å²) in [5.74, 6) is 0.404. The zero-order valence-electron chi connectivity index (χ0n) is 12.9. The zero-order valence-corrected chi connectivity index (χ0v) is 13.7. The van der Waals surface area contributed by atoms with Crippen molar-refractivity contribution in [3.63, 3.8) is 0 Å².